The maximum absolute atomic E-state index is 5.66. The second-order valence-electron chi connectivity index (χ2n) is 4.67. The monoisotopic (exact) mass is 264 g/mol. The molecule has 3 nitrogen and oxygen atoms in total. The molecule has 0 saturated carbocycles. The van der Waals surface area contributed by atoms with Gasteiger partial charge in [-0.25, -0.2) is 4.98 Å². The predicted octanol–water partition coefficient (Wildman–Crippen LogP) is 4.00. The fourth-order valence-electron chi connectivity index (χ4n) is 2.21. The first kappa shape index (κ1) is 12.6. The van der Waals surface area contributed by atoms with Crippen LogP contribution in [-0.2, 0) is 0 Å². The van der Waals surface area contributed by atoms with Crippen LogP contribution in [0.25, 0.3) is 22.3 Å². The summed E-state index contributed by atoms with van der Waals surface area (Å²) < 4.78 is 5.66. The zero-order valence-corrected chi connectivity index (χ0v) is 11.6. The van der Waals surface area contributed by atoms with Crippen LogP contribution in [-0.4, -0.2) is 16.6 Å². The summed E-state index contributed by atoms with van der Waals surface area (Å²) in [6.07, 6.45) is 0. The SMILES string of the molecule is CCOc1nc(-c2cccc(C)c2)nc2ccccc12. The molecule has 1 heterocycles. The van der Waals surface area contributed by atoms with E-state index in [9.17, 15) is 0 Å². The number of benzene rings is 2. The van der Waals surface area contributed by atoms with E-state index in [-0.39, 0.29) is 0 Å². The summed E-state index contributed by atoms with van der Waals surface area (Å²) in [5, 5.41) is 0.950. The van der Waals surface area contributed by atoms with Crippen molar-refractivity contribution in [2.24, 2.45) is 0 Å². The van der Waals surface area contributed by atoms with E-state index >= 15 is 0 Å². The summed E-state index contributed by atoms with van der Waals surface area (Å²) in [5.74, 6) is 1.35. The molecule has 1 aromatic heterocycles. The fraction of sp³-hybridized carbons (Fsp3) is 0.176. The number of ether oxygens (including phenoxy) is 1. The van der Waals surface area contributed by atoms with E-state index in [2.05, 4.69) is 29.0 Å². The highest BCUT2D eigenvalue weighted by Gasteiger charge is 2.09. The van der Waals surface area contributed by atoms with Crippen LogP contribution in [0.4, 0.5) is 0 Å². The Kier molecular flexibility index (Phi) is 3.33. The molecular formula is C17H16N2O. The zero-order valence-electron chi connectivity index (χ0n) is 11.6. The molecule has 0 radical (unpaired) electrons. The van der Waals surface area contributed by atoms with Gasteiger partial charge in [-0.15, -0.1) is 0 Å². The Morgan fingerprint density at radius 1 is 1.00 bits per heavy atom. The number of hydrogen-bond donors (Lipinski definition) is 0. The van der Waals surface area contributed by atoms with Gasteiger partial charge in [-0.3, -0.25) is 0 Å². The number of para-hydroxylation sites is 1. The van der Waals surface area contributed by atoms with Gasteiger partial charge in [0.15, 0.2) is 5.82 Å². The van der Waals surface area contributed by atoms with Crippen molar-refractivity contribution in [3.8, 4) is 17.3 Å². The van der Waals surface area contributed by atoms with Crippen molar-refractivity contribution in [2.75, 3.05) is 6.61 Å². The zero-order chi connectivity index (χ0) is 13.9. The predicted molar refractivity (Wildman–Crippen MR) is 80.9 cm³/mol. The first-order chi connectivity index (χ1) is 9.78. The van der Waals surface area contributed by atoms with Crippen molar-refractivity contribution in [3.63, 3.8) is 0 Å². The molecule has 0 atom stereocenters. The Hall–Kier alpha value is -2.42. The number of nitrogens with zero attached hydrogens (tertiary/aromatic N) is 2. The summed E-state index contributed by atoms with van der Waals surface area (Å²) in [4.78, 5) is 9.21. The molecule has 20 heavy (non-hydrogen) atoms. The summed E-state index contributed by atoms with van der Waals surface area (Å²) in [6, 6.07) is 16.1. The van der Waals surface area contributed by atoms with Gasteiger partial charge in [0.2, 0.25) is 5.88 Å². The third-order valence-electron chi connectivity index (χ3n) is 3.13. The van der Waals surface area contributed by atoms with Gasteiger partial charge >= 0.3 is 0 Å². The van der Waals surface area contributed by atoms with Crippen molar-refractivity contribution in [3.05, 3.63) is 54.1 Å². The molecule has 0 fully saturated rings. The second-order valence-corrected chi connectivity index (χ2v) is 4.67. The lowest BCUT2D eigenvalue weighted by molar-refractivity contribution is 0.331. The van der Waals surface area contributed by atoms with Crippen LogP contribution in [0.1, 0.15) is 12.5 Å². The van der Waals surface area contributed by atoms with Crippen LogP contribution in [0.2, 0.25) is 0 Å². The lowest BCUT2D eigenvalue weighted by atomic mass is 10.1. The second kappa shape index (κ2) is 5.29. The van der Waals surface area contributed by atoms with Gasteiger partial charge in [-0.05, 0) is 32.0 Å². The summed E-state index contributed by atoms with van der Waals surface area (Å²) >= 11 is 0. The van der Waals surface area contributed by atoms with Crippen LogP contribution < -0.4 is 4.74 Å². The van der Waals surface area contributed by atoms with E-state index in [1.165, 1.54) is 5.56 Å². The van der Waals surface area contributed by atoms with Crippen molar-refractivity contribution < 1.29 is 4.74 Å². The van der Waals surface area contributed by atoms with Crippen LogP contribution in [0.15, 0.2) is 48.5 Å². The van der Waals surface area contributed by atoms with Gasteiger partial charge < -0.3 is 4.74 Å². The van der Waals surface area contributed by atoms with Gasteiger partial charge in [0.1, 0.15) is 0 Å². The number of rotatable bonds is 3. The highest BCUT2D eigenvalue weighted by atomic mass is 16.5. The van der Waals surface area contributed by atoms with Gasteiger partial charge in [0.25, 0.3) is 0 Å². The summed E-state index contributed by atoms with van der Waals surface area (Å²) in [7, 11) is 0. The van der Waals surface area contributed by atoms with Crippen LogP contribution in [0.5, 0.6) is 5.88 Å². The minimum Gasteiger partial charge on any atom is -0.477 e. The lowest BCUT2D eigenvalue weighted by Gasteiger charge is -2.09. The van der Waals surface area contributed by atoms with E-state index < -0.39 is 0 Å². The number of hydrogen-bond acceptors (Lipinski definition) is 3. The maximum Gasteiger partial charge on any atom is 0.225 e. The number of aromatic nitrogens is 2. The van der Waals surface area contributed by atoms with Gasteiger partial charge in [-0.2, -0.15) is 4.98 Å². The molecular weight excluding hydrogens is 248 g/mol. The molecule has 0 spiro atoms. The Morgan fingerprint density at radius 3 is 2.65 bits per heavy atom. The van der Waals surface area contributed by atoms with E-state index in [0.717, 1.165) is 16.5 Å². The Balaban J connectivity index is 2.21. The molecule has 100 valence electrons. The maximum atomic E-state index is 5.66. The Bertz CT molecular complexity index is 753. The first-order valence-electron chi connectivity index (χ1n) is 6.74. The van der Waals surface area contributed by atoms with E-state index in [4.69, 9.17) is 4.74 Å². The molecule has 0 aliphatic heterocycles. The van der Waals surface area contributed by atoms with Crippen LogP contribution in [0, 0.1) is 6.92 Å². The van der Waals surface area contributed by atoms with Crippen molar-refractivity contribution in [1.29, 1.82) is 0 Å². The molecule has 3 heteroatoms. The smallest absolute Gasteiger partial charge is 0.225 e. The quantitative estimate of drug-likeness (QED) is 0.717. The standard InChI is InChI=1S/C17H16N2O/c1-3-20-17-14-9-4-5-10-15(14)18-16(19-17)13-8-6-7-12(2)11-13/h4-11H,3H2,1-2H3. The van der Waals surface area contributed by atoms with Crippen LogP contribution >= 0.6 is 0 Å². The third-order valence-corrected chi connectivity index (χ3v) is 3.13. The van der Waals surface area contributed by atoms with Crippen molar-refractivity contribution >= 4 is 10.9 Å². The minimum absolute atomic E-state index is 0.592. The molecule has 2 aromatic carbocycles. The summed E-state index contributed by atoms with van der Waals surface area (Å²) in [6.45, 7) is 4.62. The number of fused-ring (bicyclic) bond motifs is 1. The largest absolute Gasteiger partial charge is 0.477 e. The van der Waals surface area contributed by atoms with Gasteiger partial charge in [-0.1, -0.05) is 35.9 Å². The van der Waals surface area contributed by atoms with Crippen molar-refractivity contribution in [1.82, 2.24) is 9.97 Å². The van der Waals surface area contributed by atoms with Crippen molar-refractivity contribution in [2.45, 2.75) is 13.8 Å². The molecule has 0 saturated heterocycles. The van der Waals surface area contributed by atoms with E-state index in [1.807, 2.05) is 43.3 Å². The molecule has 0 unspecified atom stereocenters. The first-order valence-corrected chi connectivity index (χ1v) is 6.74. The normalized spacial score (nSPS) is 10.7. The van der Waals surface area contributed by atoms with E-state index in [1.54, 1.807) is 0 Å². The van der Waals surface area contributed by atoms with Gasteiger partial charge in [0.05, 0.1) is 17.5 Å². The average Bonchev–Trinajstić information content (AvgIpc) is 2.47. The lowest BCUT2D eigenvalue weighted by Crippen LogP contribution is -1.99. The molecule has 0 aliphatic rings. The summed E-state index contributed by atoms with van der Waals surface area (Å²) in [5.41, 5.74) is 3.11. The highest BCUT2D eigenvalue weighted by Crippen LogP contribution is 2.26. The van der Waals surface area contributed by atoms with Crippen LogP contribution in [0.3, 0.4) is 0 Å². The molecule has 3 aromatic rings. The Labute approximate surface area is 118 Å². The average molecular weight is 264 g/mol. The van der Waals surface area contributed by atoms with E-state index in [0.29, 0.717) is 18.3 Å². The molecule has 0 bridgehead atoms. The molecule has 0 amide bonds. The molecule has 0 aliphatic carbocycles. The molecule has 3 rings (SSSR count). The topological polar surface area (TPSA) is 35.0 Å². The fourth-order valence-corrected chi connectivity index (χ4v) is 2.21. The third kappa shape index (κ3) is 2.35. The number of aryl methyl sites for hydroxylation is 1. The Morgan fingerprint density at radius 2 is 1.85 bits per heavy atom. The molecule has 0 N–H and O–H groups in total. The minimum atomic E-state index is 0.592. The highest BCUT2D eigenvalue weighted by molar-refractivity contribution is 5.85. The van der Waals surface area contributed by atoms with Gasteiger partial charge in [0, 0.05) is 5.56 Å².